The van der Waals surface area contributed by atoms with Crippen molar-refractivity contribution in [2.24, 2.45) is 5.73 Å². The molecule has 1 atom stereocenters. The van der Waals surface area contributed by atoms with Gasteiger partial charge in [0.25, 0.3) is 0 Å². The molecular formula is C18H26ClN3O3. The lowest BCUT2D eigenvalue weighted by molar-refractivity contribution is -0.132. The van der Waals surface area contributed by atoms with E-state index in [9.17, 15) is 4.79 Å². The molecule has 2 aromatic rings. The molecule has 0 saturated carbocycles. The molecule has 7 heteroatoms. The normalized spacial score (nSPS) is 11.6. The zero-order valence-electron chi connectivity index (χ0n) is 14.7. The predicted octanol–water partition coefficient (Wildman–Crippen LogP) is 2.52. The van der Waals surface area contributed by atoms with Crippen LogP contribution in [-0.4, -0.2) is 49.3 Å². The summed E-state index contributed by atoms with van der Waals surface area (Å²) >= 11 is 0. The average Bonchev–Trinajstić information content (AvgIpc) is 3.09. The van der Waals surface area contributed by atoms with Crippen LogP contribution in [0.3, 0.4) is 0 Å². The third kappa shape index (κ3) is 6.49. The predicted molar refractivity (Wildman–Crippen MR) is 99.6 cm³/mol. The van der Waals surface area contributed by atoms with Crippen molar-refractivity contribution >= 4 is 18.3 Å². The first kappa shape index (κ1) is 21.2. The zero-order valence-corrected chi connectivity index (χ0v) is 15.5. The molecule has 1 aromatic carbocycles. The highest BCUT2D eigenvalue weighted by molar-refractivity contribution is 5.85. The monoisotopic (exact) mass is 367 g/mol. The van der Waals surface area contributed by atoms with Crippen LogP contribution in [0.15, 0.2) is 40.9 Å². The molecule has 2 rings (SSSR count). The first-order valence-corrected chi connectivity index (χ1v) is 8.12. The smallest absolute Gasteiger partial charge is 0.224 e. The van der Waals surface area contributed by atoms with Crippen molar-refractivity contribution in [1.29, 1.82) is 0 Å². The first-order valence-electron chi connectivity index (χ1n) is 8.12. The third-order valence-electron chi connectivity index (χ3n) is 3.97. The van der Waals surface area contributed by atoms with Gasteiger partial charge >= 0.3 is 0 Å². The Hall–Kier alpha value is -1.89. The molecule has 0 aliphatic rings. The number of nitrogens with two attached hydrogens (primary N) is 1. The fraction of sp³-hybridized carbons (Fsp3) is 0.444. The van der Waals surface area contributed by atoms with Gasteiger partial charge in [0.05, 0.1) is 12.5 Å². The van der Waals surface area contributed by atoms with Crippen LogP contribution in [0.1, 0.15) is 18.6 Å². The summed E-state index contributed by atoms with van der Waals surface area (Å²) in [7, 11) is 3.36. The lowest BCUT2D eigenvalue weighted by Gasteiger charge is -2.19. The number of aryl methyl sites for hydroxylation is 1. The Morgan fingerprint density at radius 1 is 1.36 bits per heavy atom. The number of rotatable bonds is 9. The number of carbonyl (C=O) groups excluding carboxylic acids is 1. The van der Waals surface area contributed by atoms with Crippen LogP contribution in [-0.2, 0) is 16.0 Å². The number of hydrogen-bond acceptors (Lipinski definition) is 5. The highest BCUT2D eigenvalue weighted by Crippen LogP contribution is 2.19. The Bertz CT molecular complexity index is 630. The van der Waals surface area contributed by atoms with E-state index < -0.39 is 0 Å². The lowest BCUT2D eigenvalue weighted by Crippen LogP contribution is -2.34. The van der Waals surface area contributed by atoms with Gasteiger partial charge in [-0.15, -0.1) is 12.4 Å². The van der Waals surface area contributed by atoms with Crippen LogP contribution >= 0.6 is 12.4 Å². The average molecular weight is 368 g/mol. The zero-order chi connectivity index (χ0) is 17.4. The van der Waals surface area contributed by atoms with Crippen molar-refractivity contribution in [1.82, 2.24) is 10.1 Å². The molecule has 0 aliphatic heterocycles. The molecule has 0 aliphatic carbocycles. The molecule has 6 nitrogen and oxygen atoms in total. The molecule has 0 radical (unpaired) electrons. The molecule has 1 amide bonds. The summed E-state index contributed by atoms with van der Waals surface area (Å²) < 4.78 is 10.5. The molecule has 1 heterocycles. The quantitative estimate of drug-likeness (QED) is 0.736. The SMILES string of the molecule is COC(CN)CC(=O)N(C)CCCc1cc(-c2ccccc2)no1.Cl. The van der Waals surface area contributed by atoms with Gasteiger partial charge in [-0.2, -0.15) is 0 Å². The van der Waals surface area contributed by atoms with Crippen LogP contribution in [0.5, 0.6) is 0 Å². The van der Waals surface area contributed by atoms with E-state index in [0.29, 0.717) is 19.5 Å². The summed E-state index contributed by atoms with van der Waals surface area (Å²) in [4.78, 5) is 13.8. The van der Waals surface area contributed by atoms with E-state index in [0.717, 1.165) is 29.9 Å². The molecule has 2 N–H and O–H groups in total. The van der Waals surface area contributed by atoms with Crippen LogP contribution < -0.4 is 5.73 Å². The fourth-order valence-corrected chi connectivity index (χ4v) is 2.40. The van der Waals surface area contributed by atoms with E-state index >= 15 is 0 Å². The number of carbonyl (C=O) groups is 1. The van der Waals surface area contributed by atoms with Gasteiger partial charge in [0.1, 0.15) is 11.5 Å². The van der Waals surface area contributed by atoms with Gasteiger partial charge in [0.15, 0.2) is 0 Å². The molecule has 0 spiro atoms. The topological polar surface area (TPSA) is 81.6 Å². The maximum absolute atomic E-state index is 12.1. The molecular weight excluding hydrogens is 342 g/mol. The van der Waals surface area contributed by atoms with Gasteiger partial charge in [0.2, 0.25) is 5.91 Å². The number of halogens is 1. The number of hydrogen-bond donors (Lipinski definition) is 1. The maximum Gasteiger partial charge on any atom is 0.224 e. The Labute approximate surface area is 154 Å². The second-order valence-electron chi connectivity index (χ2n) is 5.76. The molecule has 0 saturated heterocycles. The fourth-order valence-electron chi connectivity index (χ4n) is 2.40. The van der Waals surface area contributed by atoms with Gasteiger partial charge in [-0.25, -0.2) is 0 Å². The van der Waals surface area contributed by atoms with Crippen molar-refractivity contribution in [2.75, 3.05) is 27.2 Å². The Balaban J connectivity index is 0.00000312. The second-order valence-corrected chi connectivity index (χ2v) is 5.76. The third-order valence-corrected chi connectivity index (χ3v) is 3.97. The molecule has 0 fully saturated rings. The molecule has 1 unspecified atom stereocenters. The van der Waals surface area contributed by atoms with Gasteiger partial charge < -0.3 is 19.9 Å². The first-order chi connectivity index (χ1) is 11.6. The Morgan fingerprint density at radius 2 is 2.08 bits per heavy atom. The lowest BCUT2D eigenvalue weighted by atomic mass is 10.1. The number of ether oxygens (including phenoxy) is 1. The Kier molecular flexibility index (Phi) is 9.20. The summed E-state index contributed by atoms with van der Waals surface area (Å²) in [6, 6.07) is 11.9. The highest BCUT2D eigenvalue weighted by atomic mass is 35.5. The van der Waals surface area contributed by atoms with E-state index in [1.54, 1.807) is 19.1 Å². The number of benzene rings is 1. The van der Waals surface area contributed by atoms with Gasteiger partial charge in [-0.05, 0) is 6.42 Å². The van der Waals surface area contributed by atoms with E-state index in [1.165, 1.54) is 0 Å². The summed E-state index contributed by atoms with van der Waals surface area (Å²) in [5.74, 6) is 0.862. The standard InChI is InChI=1S/C18H25N3O3.ClH/c1-21(18(22)12-16(13-19)23-2)10-6-9-15-11-17(20-24-15)14-7-4-3-5-8-14;/h3-5,7-8,11,16H,6,9-10,12-13,19H2,1-2H3;1H. The van der Waals surface area contributed by atoms with Crippen LogP contribution in [0.4, 0.5) is 0 Å². The van der Waals surface area contributed by atoms with Crippen LogP contribution in [0.2, 0.25) is 0 Å². The summed E-state index contributed by atoms with van der Waals surface area (Å²) in [6.45, 7) is 0.998. The van der Waals surface area contributed by atoms with Crippen molar-refractivity contribution in [2.45, 2.75) is 25.4 Å². The summed E-state index contributed by atoms with van der Waals surface area (Å²) in [5.41, 5.74) is 7.41. The molecule has 25 heavy (non-hydrogen) atoms. The molecule has 1 aromatic heterocycles. The van der Waals surface area contributed by atoms with E-state index in [-0.39, 0.29) is 24.4 Å². The number of aromatic nitrogens is 1. The summed E-state index contributed by atoms with van der Waals surface area (Å²) in [5, 5.41) is 4.09. The van der Waals surface area contributed by atoms with Crippen LogP contribution in [0, 0.1) is 0 Å². The van der Waals surface area contributed by atoms with E-state index in [2.05, 4.69) is 5.16 Å². The van der Waals surface area contributed by atoms with Crippen LogP contribution in [0.25, 0.3) is 11.3 Å². The number of amides is 1. The second kappa shape index (κ2) is 10.9. The largest absolute Gasteiger partial charge is 0.380 e. The van der Waals surface area contributed by atoms with Crippen molar-refractivity contribution in [3.63, 3.8) is 0 Å². The van der Waals surface area contributed by atoms with Gasteiger partial charge in [0, 0.05) is 45.3 Å². The molecule has 0 bridgehead atoms. The highest BCUT2D eigenvalue weighted by Gasteiger charge is 2.15. The minimum Gasteiger partial charge on any atom is -0.380 e. The summed E-state index contributed by atoms with van der Waals surface area (Å²) in [6.07, 6.45) is 1.64. The van der Waals surface area contributed by atoms with Crippen molar-refractivity contribution in [3.05, 3.63) is 42.2 Å². The molecule has 138 valence electrons. The van der Waals surface area contributed by atoms with Crippen molar-refractivity contribution in [3.8, 4) is 11.3 Å². The maximum atomic E-state index is 12.1. The Morgan fingerprint density at radius 3 is 2.72 bits per heavy atom. The van der Waals surface area contributed by atoms with E-state index in [1.807, 2.05) is 36.4 Å². The van der Waals surface area contributed by atoms with Crippen molar-refractivity contribution < 1.29 is 14.1 Å². The van der Waals surface area contributed by atoms with Gasteiger partial charge in [-0.3, -0.25) is 4.79 Å². The minimum atomic E-state index is -0.220. The minimum absolute atomic E-state index is 0. The number of methoxy groups -OCH3 is 1. The van der Waals surface area contributed by atoms with E-state index in [4.69, 9.17) is 15.0 Å². The van der Waals surface area contributed by atoms with Gasteiger partial charge in [-0.1, -0.05) is 35.5 Å². The number of nitrogens with zero attached hydrogens (tertiary/aromatic N) is 2.